The van der Waals surface area contributed by atoms with Crippen molar-refractivity contribution in [3.05, 3.63) is 0 Å². The number of amides is 1. The van der Waals surface area contributed by atoms with E-state index >= 15 is 0 Å². The Morgan fingerprint density at radius 2 is 2.06 bits per heavy atom. The molecule has 0 saturated carbocycles. The SMILES string of the molecule is CC[C@H]1CCCN1C(=O)CN1CCNCC1. The fourth-order valence-electron chi connectivity index (χ4n) is 2.74. The zero-order valence-corrected chi connectivity index (χ0v) is 10.2. The Bertz CT molecular complexity index is 238. The first kappa shape index (κ1) is 11.9. The van der Waals surface area contributed by atoms with Gasteiger partial charge in [0.2, 0.25) is 5.91 Å². The second-order valence-electron chi connectivity index (χ2n) is 4.82. The molecule has 1 amide bonds. The second-order valence-corrected chi connectivity index (χ2v) is 4.82. The Morgan fingerprint density at radius 3 is 2.75 bits per heavy atom. The summed E-state index contributed by atoms with van der Waals surface area (Å²) < 4.78 is 0. The predicted molar refractivity (Wildman–Crippen MR) is 64.3 cm³/mol. The number of nitrogens with one attached hydrogen (secondary N) is 1. The van der Waals surface area contributed by atoms with Crippen LogP contribution in [0.3, 0.4) is 0 Å². The van der Waals surface area contributed by atoms with Gasteiger partial charge in [-0.15, -0.1) is 0 Å². The van der Waals surface area contributed by atoms with Gasteiger partial charge in [0.1, 0.15) is 0 Å². The third-order valence-electron chi connectivity index (χ3n) is 3.74. The lowest BCUT2D eigenvalue weighted by Crippen LogP contribution is -2.49. The molecule has 2 rings (SSSR count). The van der Waals surface area contributed by atoms with Crippen LogP contribution >= 0.6 is 0 Å². The molecule has 0 aromatic heterocycles. The van der Waals surface area contributed by atoms with Gasteiger partial charge in [0.05, 0.1) is 6.54 Å². The van der Waals surface area contributed by atoms with E-state index in [-0.39, 0.29) is 0 Å². The summed E-state index contributed by atoms with van der Waals surface area (Å²) in [6, 6.07) is 0.510. The van der Waals surface area contributed by atoms with Crippen LogP contribution in [-0.4, -0.2) is 61.0 Å². The molecule has 16 heavy (non-hydrogen) atoms. The number of carbonyl (C=O) groups excluding carboxylic acids is 1. The Hall–Kier alpha value is -0.610. The zero-order valence-electron chi connectivity index (χ0n) is 10.2. The average molecular weight is 225 g/mol. The van der Waals surface area contributed by atoms with Gasteiger partial charge in [0, 0.05) is 38.8 Å². The third kappa shape index (κ3) is 2.74. The largest absolute Gasteiger partial charge is 0.339 e. The molecular formula is C12H23N3O. The summed E-state index contributed by atoms with van der Waals surface area (Å²) in [6.07, 6.45) is 3.49. The molecule has 0 radical (unpaired) electrons. The maximum atomic E-state index is 12.1. The zero-order chi connectivity index (χ0) is 11.4. The molecule has 2 saturated heterocycles. The third-order valence-corrected chi connectivity index (χ3v) is 3.74. The van der Waals surface area contributed by atoms with Crippen LogP contribution in [-0.2, 0) is 4.79 Å². The fraction of sp³-hybridized carbons (Fsp3) is 0.917. The second kappa shape index (κ2) is 5.64. The quantitative estimate of drug-likeness (QED) is 0.750. The first-order valence-corrected chi connectivity index (χ1v) is 6.54. The summed E-state index contributed by atoms with van der Waals surface area (Å²) in [6.45, 7) is 7.84. The van der Waals surface area contributed by atoms with E-state index in [1.807, 2.05) is 0 Å². The summed E-state index contributed by atoms with van der Waals surface area (Å²) in [7, 11) is 0. The minimum atomic E-state index is 0.339. The van der Waals surface area contributed by atoms with Crippen molar-refractivity contribution in [2.24, 2.45) is 0 Å². The van der Waals surface area contributed by atoms with Gasteiger partial charge in [-0.05, 0) is 19.3 Å². The monoisotopic (exact) mass is 225 g/mol. The van der Waals surface area contributed by atoms with Crippen molar-refractivity contribution >= 4 is 5.91 Å². The Morgan fingerprint density at radius 1 is 1.31 bits per heavy atom. The lowest BCUT2D eigenvalue weighted by atomic mass is 10.2. The average Bonchev–Trinajstić information content (AvgIpc) is 2.78. The van der Waals surface area contributed by atoms with Crippen molar-refractivity contribution in [2.45, 2.75) is 32.2 Å². The highest BCUT2D eigenvalue weighted by Crippen LogP contribution is 2.19. The standard InChI is InChI=1S/C12H23N3O/c1-2-11-4-3-7-15(11)12(16)10-14-8-5-13-6-9-14/h11,13H,2-10H2,1H3/t11-/m0/s1. The van der Waals surface area contributed by atoms with E-state index in [2.05, 4.69) is 22.0 Å². The number of hydrogen-bond donors (Lipinski definition) is 1. The van der Waals surface area contributed by atoms with E-state index in [1.165, 1.54) is 12.8 Å². The molecule has 2 aliphatic heterocycles. The van der Waals surface area contributed by atoms with E-state index in [0.717, 1.165) is 39.1 Å². The Kier molecular flexibility index (Phi) is 4.18. The van der Waals surface area contributed by atoms with Crippen LogP contribution in [0.25, 0.3) is 0 Å². The van der Waals surface area contributed by atoms with Crippen LogP contribution in [0.4, 0.5) is 0 Å². The molecule has 0 aliphatic carbocycles. The van der Waals surface area contributed by atoms with E-state index in [4.69, 9.17) is 0 Å². The van der Waals surface area contributed by atoms with Crippen LogP contribution < -0.4 is 5.32 Å². The van der Waals surface area contributed by atoms with Crippen molar-refractivity contribution in [1.82, 2.24) is 15.1 Å². The van der Waals surface area contributed by atoms with Crippen molar-refractivity contribution in [3.8, 4) is 0 Å². The maximum Gasteiger partial charge on any atom is 0.236 e. The lowest BCUT2D eigenvalue weighted by Gasteiger charge is -2.30. The van der Waals surface area contributed by atoms with Gasteiger partial charge < -0.3 is 10.2 Å². The number of hydrogen-bond acceptors (Lipinski definition) is 3. The van der Waals surface area contributed by atoms with Crippen LogP contribution in [0.15, 0.2) is 0 Å². The first-order chi connectivity index (χ1) is 7.81. The van der Waals surface area contributed by atoms with Crippen LogP contribution in [0, 0.1) is 0 Å². The Balaban J connectivity index is 1.82. The molecule has 2 fully saturated rings. The molecule has 92 valence electrons. The molecule has 0 spiro atoms. The topological polar surface area (TPSA) is 35.6 Å². The molecular weight excluding hydrogens is 202 g/mol. The number of piperazine rings is 1. The van der Waals surface area contributed by atoms with Crippen LogP contribution in [0.1, 0.15) is 26.2 Å². The minimum absolute atomic E-state index is 0.339. The number of nitrogens with zero attached hydrogens (tertiary/aromatic N) is 2. The van der Waals surface area contributed by atoms with Crippen LogP contribution in [0.5, 0.6) is 0 Å². The molecule has 0 bridgehead atoms. The van der Waals surface area contributed by atoms with Crippen molar-refractivity contribution < 1.29 is 4.79 Å². The fourth-order valence-corrected chi connectivity index (χ4v) is 2.74. The molecule has 0 unspecified atom stereocenters. The van der Waals surface area contributed by atoms with Gasteiger partial charge in [-0.3, -0.25) is 9.69 Å². The van der Waals surface area contributed by atoms with Crippen molar-refractivity contribution in [2.75, 3.05) is 39.3 Å². The highest BCUT2D eigenvalue weighted by Gasteiger charge is 2.28. The van der Waals surface area contributed by atoms with E-state index in [9.17, 15) is 4.79 Å². The van der Waals surface area contributed by atoms with Gasteiger partial charge in [-0.1, -0.05) is 6.92 Å². The highest BCUT2D eigenvalue weighted by atomic mass is 16.2. The summed E-state index contributed by atoms with van der Waals surface area (Å²) in [4.78, 5) is 16.5. The summed E-state index contributed by atoms with van der Waals surface area (Å²) in [5.41, 5.74) is 0. The molecule has 4 heteroatoms. The van der Waals surface area contributed by atoms with E-state index < -0.39 is 0 Å². The lowest BCUT2D eigenvalue weighted by molar-refractivity contribution is -0.133. The Labute approximate surface area is 98.0 Å². The normalized spacial score (nSPS) is 27.3. The molecule has 2 aliphatic rings. The predicted octanol–water partition coefficient (Wildman–Crippen LogP) is 0.293. The molecule has 2 heterocycles. The molecule has 1 N–H and O–H groups in total. The highest BCUT2D eigenvalue weighted by molar-refractivity contribution is 5.78. The van der Waals surface area contributed by atoms with Gasteiger partial charge in [0.15, 0.2) is 0 Å². The summed E-state index contributed by atoms with van der Waals surface area (Å²) in [5, 5.41) is 3.31. The van der Waals surface area contributed by atoms with E-state index in [1.54, 1.807) is 0 Å². The van der Waals surface area contributed by atoms with Gasteiger partial charge in [0.25, 0.3) is 0 Å². The molecule has 4 nitrogen and oxygen atoms in total. The van der Waals surface area contributed by atoms with E-state index in [0.29, 0.717) is 18.5 Å². The minimum Gasteiger partial charge on any atom is -0.339 e. The van der Waals surface area contributed by atoms with Gasteiger partial charge in [-0.2, -0.15) is 0 Å². The summed E-state index contributed by atoms with van der Waals surface area (Å²) in [5.74, 6) is 0.339. The molecule has 1 atom stereocenters. The number of likely N-dealkylation sites (tertiary alicyclic amines) is 1. The number of carbonyl (C=O) groups is 1. The summed E-state index contributed by atoms with van der Waals surface area (Å²) >= 11 is 0. The smallest absolute Gasteiger partial charge is 0.236 e. The van der Waals surface area contributed by atoms with Crippen molar-refractivity contribution in [1.29, 1.82) is 0 Å². The van der Waals surface area contributed by atoms with Crippen molar-refractivity contribution in [3.63, 3.8) is 0 Å². The van der Waals surface area contributed by atoms with Gasteiger partial charge in [-0.25, -0.2) is 0 Å². The number of rotatable bonds is 3. The molecule has 0 aromatic rings. The van der Waals surface area contributed by atoms with Crippen LogP contribution in [0.2, 0.25) is 0 Å². The van der Waals surface area contributed by atoms with Gasteiger partial charge >= 0.3 is 0 Å². The first-order valence-electron chi connectivity index (χ1n) is 6.54. The molecule has 0 aromatic carbocycles. The maximum absolute atomic E-state index is 12.1.